The summed E-state index contributed by atoms with van der Waals surface area (Å²) in [5.41, 5.74) is 2.62. The Labute approximate surface area is 136 Å². The Kier molecular flexibility index (Phi) is 6.36. The van der Waals surface area contributed by atoms with E-state index < -0.39 is 5.92 Å². The average Bonchev–Trinajstić information content (AvgIpc) is 2.63. The van der Waals surface area contributed by atoms with Gasteiger partial charge in [0.05, 0.1) is 18.7 Å². The van der Waals surface area contributed by atoms with Crippen molar-refractivity contribution in [3.63, 3.8) is 0 Å². The summed E-state index contributed by atoms with van der Waals surface area (Å²) < 4.78 is 4.90. The van der Waals surface area contributed by atoms with Crippen LogP contribution in [0.25, 0.3) is 0 Å². The summed E-state index contributed by atoms with van der Waals surface area (Å²) in [6, 6.07) is 19.4. The van der Waals surface area contributed by atoms with Crippen LogP contribution in [-0.4, -0.2) is 24.0 Å². The molecule has 4 nitrogen and oxygen atoms in total. The summed E-state index contributed by atoms with van der Waals surface area (Å²) in [6.07, 6.45) is 1.71. The highest BCUT2D eigenvalue weighted by molar-refractivity contribution is 5.90. The number of carbonyl (C=O) groups is 1. The van der Waals surface area contributed by atoms with E-state index in [4.69, 9.17) is 4.74 Å². The number of rotatable bonds is 7. The molecule has 0 amide bonds. The maximum Gasteiger partial charge on any atom is 0.313 e. The molecular weight excluding hydrogens is 290 g/mol. The van der Waals surface area contributed by atoms with Crippen molar-refractivity contribution in [1.29, 1.82) is 0 Å². The van der Waals surface area contributed by atoms with Gasteiger partial charge in [0.2, 0.25) is 0 Å². The van der Waals surface area contributed by atoms with Crippen molar-refractivity contribution in [1.82, 2.24) is 0 Å². The molecule has 0 fully saturated rings. The minimum Gasteiger partial charge on any atom is -0.469 e. The quantitative estimate of drug-likeness (QED) is 0.366. The minimum absolute atomic E-state index is 0.322. The molecule has 23 heavy (non-hydrogen) atoms. The third-order valence-electron chi connectivity index (χ3n) is 3.81. The van der Waals surface area contributed by atoms with Crippen LogP contribution in [0.5, 0.6) is 0 Å². The van der Waals surface area contributed by atoms with Gasteiger partial charge >= 0.3 is 5.97 Å². The lowest BCUT2D eigenvalue weighted by molar-refractivity contribution is -0.142. The van der Waals surface area contributed by atoms with Crippen molar-refractivity contribution in [2.24, 2.45) is 5.16 Å². The Bertz CT molecular complexity index is 638. The number of aryl methyl sites for hydroxylation is 1. The average molecular weight is 311 g/mol. The second kappa shape index (κ2) is 8.73. The molecule has 1 unspecified atom stereocenters. The van der Waals surface area contributed by atoms with E-state index in [0.29, 0.717) is 18.6 Å². The van der Waals surface area contributed by atoms with Crippen LogP contribution >= 0.6 is 0 Å². The van der Waals surface area contributed by atoms with E-state index in [1.54, 1.807) is 0 Å². The van der Waals surface area contributed by atoms with Crippen LogP contribution in [0, 0.1) is 0 Å². The molecule has 0 aliphatic carbocycles. The van der Waals surface area contributed by atoms with Gasteiger partial charge in [0.1, 0.15) is 0 Å². The first-order chi connectivity index (χ1) is 11.2. The number of hydrogen-bond donors (Lipinski definition) is 1. The topological polar surface area (TPSA) is 58.9 Å². The van der Waals surface area contributed by atoms with Gasteiger partial charge < -0.3 is 9.94 Å². The zero-order chi connectivity index (χ0) is 16.5. The summed E-state index contributed by atoms with van der Waals surface area (Å²) in [6.45, 7) is 0. The first kappa shape index (κ1) is 16.7. The maximum atomic E-state index is 12.1. The van der Waals surface area contributed by atoms with Crippen molar-refractivity contribution in [3.05, 3.63) is 71.8 Å². The van der Waals surface area contributed by atoms with Gasteiger partial charge in [-0.05, 0) is 24.0 Å². The van der Waals surface area contributed by atoms with Crippen LogP contribution in [0.15, 0.2) is 65.8 Å². The number of nitrogens with zero attached hydrogens (tertiary/aromatic N) is 1. The third-order valence-corrected chi connectivity index (χ3v) is 3.81. The van der Waals surface area contributed by atoms with Gasteiger partial charge in [0.25, 0.3) is 0 Å². The van der Waals surface area contributed by atoms with Gasteiger partial charge in [0.15, 0.2) is 0 Å². The van der Waals surface area contributed by atoms with Crippen LogP contribution in [0.2, 0.25) is 0 Å². The molecule has 2 aromatic carbocycles. The molecular formula is C19H21NO3. The number of methoxy groups -OCH3 is 1. The predicted molar refractivity (Wildman–Crippen MR) is 89.8 cm³/mol. The van der Waals surface area contributed by atoms with E-state index in [1.807, 2.05) is 60.7 Å². The predicted octanol–water partition coefficient (Wildman–Crippen LogP) is 3.80. The first-order valence-electron chi connectivity index (χ1n) is 7.61. The number of benzene rings is 2. The van der Waals surface area contributed by atoms with Gasteiger partial charge in [-0.25, -0.2) is 0 Å². The summed E-state index contributed by atoms with van der Waals surface area (Å²) in [5.74, 6) is -0.778. The van der Waals surface area contributed by atoms with Gasteiger partial charge in [-0.15, -0.1) is 0 Å². The normalized spacial score (nSPS) is 12.7. The number of esters is 1. The summed E-state index contributed by atoms with van der Waals surface area (Å²) in [5, 5.41) is 12.7. The number of hydrogen-bond acceptors (Lipinski definition) is 4. The van der Waals surface area contributed by atoms with Gasteiger partial charge in [0, 0.05) is 6.42 Å². The lowest BCUT2D eigenvalue weighted by atomic mass is 9.91. The van der Waals surface area contributed by atoms with E-state index in [1.165, 1.54) is 12.7 Å². The van der Waals surface area contributed by atoms with Gasteiger partial charge in [-0.2, -0.15) is 0 Å². The van der Waals surface area contributed by atoms with Crippen molar-refractivity contribution in [2.75, 3.05) is 7.11 Å². The van der Waals surface area contributed by atoms with E-state index in [9.17, 15) is 10.0 Å². The van der Waals surface area contributed by atoms with E-state index in [0.717, 1.165) is 12.0 Å². The second-order valence-corrected chi connectivity index (χ2v) is 5.34. The summed E-state index contributed by atoms with van der Waals surface area (Å²) in [7, 11) is 1.37. The van der Waals surface area contributed by atoms with Crippen LogP contribution in [0.3, 0.4) is 0 Å². The molecule has 0 aromatic heterocycles. The van der Waals surface area contributed by atoms with Crippen molar-refractivity contribution in [3.8, 4) is 0 Å². The summed E-state index contributed by atoms with van der Waals surface area (Å²) in [4.78, 5) is 12.1. The Morgan fingerprint density at radius 1 is 1.09 bits per heavy atom. The van der Waals surface area contributed by atoms with Crippen LogP contribution in [-0.2, 0) is 16.0 Å². The first-order valence-corrected chi connectivity index (χ1v) is 7.61. The monoisotopic (exact) mass is 311 g/mol. The largest absolute Gasteiger partial charge is 0.469 e. The molecule has 0 aliphatic heterocycles. The number of oxime groups is 1. The fraction of sp³-hybridized carbons (Fsp3) is 0.263. The van der Waals surface area contributed by atoms with Crippen LogP contribution in [0.1, 0.15) is 29.9 Å². The van der Waals surface area contributed by atoms with E-state index >= 15 is 0 Å². The fourth-order valence-corrected chi connectivity index (χ4v) is 2.53. The number of carbonyl (C=O) groups excluding carboxylic acids is 1. The Balaban J connectivity index is 2.06. The Hall–Kier alpha value is -2.62. The molecule has 0 heterocycles. The Morgan fingerprint density at radius 3 is 2.26 bits per heavy atom. The Morgan fingerprint density at radius 2 is 1.70 bits per heavy atom. The molecule has 120 valence electrons. The molecule has 0 saturated heterocycles. The van der Waals surface area contributed by atoms with Crippen LogP contribution < -0.4 is 0 Å². The molecule has 4 heteroatoms. The van der Waals surface area contributed by atoms with Gasteiger partial charge in [-0.3, -0.25) is 4.79 Å². The third kappa shape index (κ3) is 4.95. The molecule has 0 aliphatic rings. The van der Waals surface area contributed by atoms with Gasteiger partial charge in [-0.1, -0.05) is 65.8 Å². The van der Waals surface area contributed by atoms with Crippen LogP contribution in [0.4, 0.5) is 0 Å². The highest BCUT2D eigenvalue weighted by atomic mass is 16.5. The lowest BCUT2D eigenvalue weighted by Gasteiger charge is -2.15. The van der Waals surface area contributed by atoms with Crippen molar-refractivity contribution >= 4 is 11.7 Å². The zero-order valence-electron chi connectivity index (χ0n) is 13.2. The molecule has 0 radical (unpaired) electrons. The number of ether oxygens (including phenoxy) is 1. The lowest BCUT2D eigenvalue weighted by Crippen LogP contribution is -2.18. The van der Waals surface area contributed by atoms with E-state index in [2.05, 4.69) is 5.16 Å². The zero-order valence-corrected chi connectivity index (χ0v) is 13.2. The molecule has 0 saturated carbocycles. The smallest absolute Gasteiger partial charge is 0.313 e. The molecule has 2 aromatic rings. The second-order valence-electron chi connectivity index (χ2n) is 5.34. The van der Waals surface area contributed by atoms with Crippen molar-refractivity contribution < 1.29 is 14.7 Å². The highest BCUT2D eigenvalue weighted by Gasteiger charge is 2.23. The van der Waals surface area contributed by atoms with E-state index in [-0.39, 0.29) is 5.97 Å². The highest BCUT2D eigenvalue weighted by Crippen LogP contribution is 2.23. The molecule has 0 bridgehead atoms. The molecule has 1 N–H and O–H groups in total. The van der Waals surface area contributed by atoms with Crippen molar-refractivity contribution in [2.45, 2.75) is 25.2 Å². The minimum atomic E-state index is -0.456. The SMILES string of the molecule is COC(=O)C(C/C(CCc1ccccc1)=N/O)c1ccccc1. The fourth-order valence-electron chi connectivity index (χ4n) is 2.53. The molecule has 1 atom stereocenters. The molecule has 2 rings (SSSR count). The summed E-state index contributed by atoms with van der Waals surface area (Å²) >= 11 is 0. The maximum absolute atomic E-state index is 12.1. The standard InChI is InChI=1S/C19H21NO3/c1-23-19(21)18(16-10-6-3-7-11-16)14-17(20-22)13-12-15-8-4-2-5-9-15/h2-11,18,22H,12-14H2,1H3/b20-17+. The molecule has 0 spiro atoms.